The summed E-state index contributed by atoms with van der Waals surface area (Å²) in [5.74, 6) is 0. The molecule has 0 aliphatic carbocycles. The molecule has 0 saturated heterocycles. The normalized spacial score (nSPS) is 11.6. The number of anilines is 2. The Bertz CT molecular complexity index is 2150. The van der Waals surface area contributed by atoms with Crippen molar-refractivity contribution in [2.24, 2.45) is 0 Å². The molecular formula is C36H23NOS. The van der Waals surface area contributed by atoms with Crippen LogP contribution in [0.5, 0.6) is 0 Å². The van der Waals surface area contributed by atoms with Crippen molar-refractivity contribution in [3.05, 3.63) is 133 Å². The summed E-state index contributed by atoms with van der Waals surface area (Å²) < 4.78 is 8.80. The summed E-state index contributed by atoms with van der Waals surface area (Å²) in [6.07, 6.45) is 0. The van der Waals surface area contributed by atoms with Crippen molar-refractivity contribution in [2.45, 2.75) is 0 Å². The van der Waals surface area contributed by atoms with Gasteiger partial charge in [0.2, 0.25) is 0 Å². The first-order valence-corrected chi connectivity index (χ1v) is 13.9. The van der Waals surface area contributed by atoms with Gasteiger partial charge in [0.1, 0.15) is 11.2 Å². The van der Waals surface area contributed by atoms with E-state index in [1.807, 2.05) is 23.5 Å². The molecule has 6 aromatic carbocycles. The lowest BCUT2D eigenvalue weighted by Crippen LogP contribution is -1.93. The smallest absolute Gasteiger partial charge is 0.136 e. The number of fused-ring (bicyclic) bond motifs is 6. The number of furan rings is 1. The minimum atomic E-state index is 0.906. The first-order valence-electron chi connectivity index (χ1n) is 13.1. The predicted molar refractivity (Wildman–Crippen MR) is 167 cm³/mol. The molecule has 2 aromatic heterocycles. The molecule has 0 fully saturated rings. The molecule has 2 heterocycles. The Labute approximate surface area is 229 Å². The monoisotopic (exact) mass is 517 g/mol. The van der Waals surface area contributed by atoms with Crippen LogP contribution in [0.4, 0.5) is 11.4 Å². The molecule has 0 spiro atoms. The second-order valence-corrected chi connectivity index (χ2v) is 10.9. The Kier molecular flexibility index (Phi) is 5.04. The molecule has 0 atom stereocenters. The molecule has 0 unspecified atom stereocenters. The fraction of sp³-hybridized carbons (Fsp3) is 0. The van der Waals surface area contributed by atoms with Crippen LogP contribution < -0.4 is 5.32 Å². The van der Waals surface area contributed by atoms with Gasteiger partial charge in [0.05, 0.1) is 10.4 Å². The fourth-order valence-electron chi connectivity index (χ4n) is 5.57. The van der Waals surface area contributed by atoms with Crippen molar-refractivity contribution in [1.29, 1.82) is 0 Å². The number of rotatable bonds is 4. The molecule has 0 saturated carbocycles. The van der Waals surface area contributed by atoms with E-state index < -0.39 is 0 Å². The number of para-hydroxylation sites is 1. The zero-order valence-electron chi connectivity index (χ0n) is 21.0. The van der Waals surface area contributed by atoms with Gasteiger partial charge in [-0.2, -0.15) is 0 Å². The maximum absolute atomic E-state index is 6.22. The number of benzene rings is 6. The largest absolute Gasteiger partial charge is 0.456 e. The van der Waals surface area contributed by atoms with E-state index in [0.29, 0.717) is 0 Å². The first-order chi connectivity index (χ1) is 19.3. The second kappa shape index (κ2) is 8.87. The molecule has 8 aromatic rings. The van der Waals surface area contributed by atoms with Gasteiger partial charge in [-0.1, -0.05) is 84.9 Å². The maximum atomic E-state index is 6.22. The predicted octanol–water partition coefficient (Wildman–Crippen LogP) is 11.0. The second-order valence-electron chi connectivity index (χ2n) is 9.88. The Morgan fingerprint density at radius 3 is 2.08 bits per heavy atom. The first kappa shape index (κ1) is 22.2. The number of hydrogen-bond acceptors (Lipinski definition) is 3. The van der Waals surface area contributed by atoms with E-state index in [2.05, 4.69) is 127 Å². The highest BCUT2D eigenvalue weighted by Gasteiger charge is 2.12. The topological polar surface area (TPSA) is 25.2 Å². The molecule has 3 heteroatoms. The van der Waals surface area contributed by atoms with Crippen molar-refractivity contribution < 1.29 is 4.42 Å². The molecule has 0 aliphatic heterocycles. The summed E-state index contributed by atoms with van der Waals surface area (Å²) in [6, 6.07) is 47.2. The van der Waals surface area contributed by atoms with Crippen LogP contribution in [0.3, 0.4) is 0 Å². The standard InChI is InChI=1S/C36H23NOS/c1-2-9-23(10-3-1)25-19-26(24-17-18-29-28-11-4-6-15-33(28)38-34(29)22-24)21-27(20-25)37-32-14-8-13-31-30-12-5-7-16-35(30)39-36(31)32/h1-22,37H. The molecular weight excluding hydrogens is 494 g/mol. The van der Waals surface area contributed by atoms with Crippen LogP contribution in [0.2, 0.25) is 0 Å². The number of thiophene rings is 1. The van der Waals surface area contributed by atoms with Crippen LogP contribution in [-0.2, 0) is 0 Å². The van der Waals surface area contributed by atoms with Gasteiger partial charge >= 0.3 is 0 Å². The summed E-state index contributed by atoms with van der Waals surface area (Å²) in [5.41, 5.74) is 8.63. The summed E-state index contributed by atoms with van der Waals surface area (Å²) in [6.45, 7) is 0. The quantitative estimate of drug-likeness (QED) is 0.251. The molecule has 0 amide bonds. The van der Waals surface area contributed by atoms with Crippen molar-refractivity contribution in [3.8, 4) is 22.3 Å². The van der Waals surface area contributed by atoms with Gasteiger partial charge in [0, 0.05) is 31.9 Å². The Morgan fingerprint density at radius 1 is 0.462 bits per heavy atom. The molecule has 39 heavy (non-hydrogen) atoms. The highest BCUT2D eigenvalue weighted by molar-refractivity contribution is 7.26. The van der Waals surface area contributed by atoms with E-state index in [9.17, 15) is 0 Å². The molecule has 1 N–H and O–H groups in total. The maximum Gasteiger partial charge on any atom is 0.136 e. The Morgan fingerprint density at radius 2 is 1.18 bits per heavy atom. The third-order valence-electron chi connectivity index (χ3n) is 7.44. The number of hydrogen-bond donors (Lipinski definition) is 1. The molecule has 8 rings (SSSR count). The van der Waals surface area contributed by atoms with Crippen LogP contribution in [-0.4, -0.2) is 0 Å². The lowest BCUT2D eigenvalue weighted by Gasteiger charge is -2.13. The van der Waals surface area contributed by atoms with Crippen molar-refractivity contribution in [1.82, 2.24) is 0 Å². The third kappa shape index (κ3) is 3.79. The molecule has 0 radical (unpaired) electrons. The highest BCUT2D eigenvalue weighted by atomic mass is 32.1. The van der Waals surface area contributed by atoms with E-state index in [4.69, 9.17) is 4.42 Å². The van der Waals surface area contributed by atoms with Gasteiger partial charge < -0.3 is 9.73 Å². The zero-order valence-corrected chi connectivity index (χ0v) is 21.8. The summed E-state index contributed by atoms with van der Waals surface area (Å²) in [7, 11) is 0. The SMILES string of the molecule is c1ccc(-c2cc(Nc3cccc4c3sc3ccccc34)cc(-c3ccc4c(c3)oc3ccccc34)c2)cc1. The van der Waals surface area contributed by atoms with E-state index in [-0.39, 0.29) is 0 Å². The van der Waals surface area contributed by atoms with Gasteiger partial charge in [0.25, 0.3) is 0 Å². The lowest BCUT2D eigenvalue weighted by atomic mass is 9.97. The molecule has 184 valence electrons. The average molecular weight is 518 g/mol. The van der Waals surface area contributed by atoms with E-state index in [0.717, 1.165) is 44.4 Å². The highest BCUT2D eigenvalue weighted by Crippen LogP contribution is 2.40. The van der Waals surface area contributed by atoms with Crippen molar-refractivity contribution in [3.63, 3.8) is 0 Å². The van der Waals surface area contributed by atoms with Crippen molar-refractivity contribution in [2.75, 3.05) is 5.32 Å². The van der Waals surface area contributed by atoms with Gasteiger partial charge in [-0.3, -0.25) is 0 Å². The molecule has 0 bridgehead atoms. The van der Waals surface area contributed by atoms with Gasteiger partial charge in [0.15, 0.2) is 0 Å². The van der Waals surface area contributed by atoms with E-state index in [1.165, 1.54) is 31.3 Å². The van der Waals surface area contributed by atoms with Crippen molar-refractivity contribution >= 4 is 64.8 Å². The van der Waals surface area contributed by atoms with Crippen LogP contribution >= 0.6 is 11.3 Å². The van der Waals surface area contributed by atoms with Crippen LogP contribution in [0, 0.1) is 0 Å². The van der Waals surface area contributed by atoms with E-state index >= 15 is 0 Å². The van der Waals surface area contributed by atoms with Gasteiger partial charge in [-0.05, 0) is 70.8 Å². The Hall–Kier alpha value is -4.86. The summed E-state index contributed by atoms with van der Waals surface area (Å²) in [5, 5.41) is 8.66. The Balaban J connectivity index is 1.28. The fourth-order valence-corrected chi connectivity index (χ4v) is 6.74. The summed E-state index contributed by atoms with van der Waals surface area (Å²) in [4.78, 5) is 0. The van der Waals surface area contributed by atoms with Crippen LogP contribution in [0.15, 0.2) is 138 Å². The minimum Gasteiger partial charge on any atom is -0.456 e. The molecule has 0 aliphatic rings. The van der Waals surface area contributed by atoms with Gasteiger partial charge in [-0.15, -0.1) is 11.3 Å². The average Bonchev–Trinajstić information content (AvgIpc) is 3.56. The molecule has 2 nitrogen and oxygen atoms in total. The van der Waals surface area contributed by atoms with E-state index in [1.54, 1.807) is 0 Å². The van der Waals surface area contributed by atoms with Gasteiger partial charge in [-0.25, -0.2) is 0 Å². The van der Waals surface area contributed by atoms with Crippen LogP contribution in [0.25, 0.3) is 64.4 Å². The number of nitrogens with one attached hydrogen (secondary N) is 1. The van der Waals surface area contributed by atoms with Crippen LogP contribution in [0.1, 0.15) is 0 Å². The lowest BCUT2D eigenvalue weighted by molar-refractivity contribution is 0.669. The minimum absolute atomic E-state index is 0.906. The zero-order chi connectivity index (χ0) is 25.8. The third-order valence-corrected chi connectivity index (χ3v) is 8.66. The summed E-state index contributed by atoms with van der Waals surface area (Å²) >= 11 is 1.84.